The summed E-state index contributed by atoms with van der Waals surface area (Å²) < 4.78 is 0.963. The van der Waals surface area contributed by atoms with Crippen LogP contribution in [0.3, 0.4) is 0 Å². The highest BCUT2D eigenvalue weighted by atomic mass is 79.9. The molecule has 0 aliphatic heterocycles. The van der Waals surface area contributed by atoms with Gasteiger partial charge < -0.3 is 16.8 Å². The van der Waals surface area contributed by atoms with Crippen molar-refractivity contribution in [3.63, 3.8) is 0 Å². The van der Waals surface area contributed by atoms with Crippen molar-refractivity contribution >= 4 is 38.9 Å². The van der Waals surface area contributed by atoms with Crippen LogP contribution in [0.25, 0.3) is 0 Å². The van der Waals surface area contributed by atoms with E-state index >= 15 is 0 Å². The molecule has 0 aromatic heterocycles. The normalized spacial score (nSPS) is 10.2. The van der Waals surface area contributed by atoms with E-state index in [1.807, 2.05) is 31.2 Å². The summed E-state index contributed by atoms with van der Waals surface area (Å²) >= 11 is 3.42. The number of benzene rings is 2. The first-order valence-electron chi connectivity index (χ1n) is 5.70. The monoisotopic (exact) mass is 319 g/mol. The molecule has 0 saturated carbocycles. The van der Waals surface area contributed by atoms with Gasteiger partial charge in [-0.2, -0.15) is 0 Å². The molecule has 2 aromatic carbocycles. The van der Waals surface area contributed by atoms with Crippen LogP contribution in [0.15, 0.2) is 40.9 Å². The highest BCUT2D eigenvalue weighted by Gasteiger charge is 2.10. The average molecular weight is 320 g/mol. The van der Waals surface area contributed by atoms with Crippen molar-refractivity contribution in [3.8, 4) is 0 Å². The fourth-order valence-electron chi connectivity index (χ4n) is 1.76. The van der Waals surface area contributed by atoms with Crippen molar-refractivity contribution < 1.29 is 4.79 Å². The molecule has 0 fully saturated rings. The first-order chi connectivity index (χ1) is 8.99. The summed E-state index contributed by atoms with van der Waals surface area (Å²) in [6.07, 6.45) is 0. The second kappa shape index (κ2) is 5.32. The van der Waals surface area contributed by atoms with Crippen LogP contribution in [0.1, 0.15) is 15.9 Å². The van der Waals surface area contributed by atoms with E-state index < -0.39 is 5.91 Å². The molecule has 0 atom stereocenters. The largest absolute Gasteiger partial charge is 0.396 e. The Morgan fingerprint density at radius 2 is 1.95 bits per heavy atom. The van der Waals surface area contributed by atoms with Gasteiger partial charge >= 0.3 is 0 Å². The molecule has 19 heavy (non-hydrogen) atoms. The zero-order valence-electron chi connectivity index (χ0n) is 10.4. The molecule has 0 heterocycles. The van der Waals surface area contributed by atoms with Crippen molar-refractivity contribution in [2.45, 2.75) is 6.92 Å². The van der Waals surface area contributed by atoms with Gasteiger partial charge in [-0.3, -0.25) is 4.79 Å². The summed E-state index contributed by atoms with van der Waals surface area (Å²) in [4.78, 5) is 11.3. The Labute approximate surface area is 119 Å². The fraction of sp³-hybridized carbons (Fsp3) is 0.0714. The number of primary amides is 1. The van der Waals surface area contributed by atoms with Crippen molar-refractivity contribution in [2.24, 2.45) is 5.73 Å². The maximum absolute atomic E-state index is 11.3. The number of hydrogen-bond donors (Lipinski definition) is 3. The van der Waals surface area contributed by atoms with Crippen LogP contribution in [0.2, 0.25) is 0 Å². The van der Waals surface area contributed by atoms with Crippen LogP contribution in [-0.4, -0.2) is 5.91 Å². The number of carbonyl (C=O) groups is 1. The molecular weight excluding hydrogens is 306 g/mol. The minimum atomic E-state index is -0.535. The lowest BCUT2D eigenvalue weighted by Crippen LogP contribution is -2.14. The SMILES string of the molecule is Cc1ccc(Br)cc1Nc1cccc(C(N)=O)c1N. The van der Waals surface area contributed by atoms with Crippen LogP contribution in [-0.2, 0) is 0 Å². The summed E-state index contributed by atoms with van der Waals surface area (Å²) in [5, 5.41) is 3.21. The number of para-hydroxylation sites is 1. The predicted octanol–water partition coefficient (Wildman–Crippen LogP) is 3.18. The summed E-state index contributed by atoms with van der Waals surface area (Å²) in [5.41, 5.74) is 14.6. The van der Waals surface area contributed by atoms with E-state index in [0.717, 1.165) is 15.7 Å². The van der Waals surface area contributed by atoms with Crippen molar-refractivity contribution in [2.75, 3.05) is 11.1 Å². The number of aryl methyl sites for hydroxylation is 1. The van der Waals surface area contributed by atoms with E-state index in [4.69, 9.17) is 11.5 Å². The molecule has 5 N–H and O–H groups in total. The number of hydrogen-bond acceptors (Lipinski definition) is 3. The van der Waals surface area contributed by atoms with Crippen LogP contribution >= 0.6 is 15.9 Å². The molecular formula is C14H14BrN3O. The van der Waals surface area contributed by atoms with Gasteiger partial charge in [0.05, 0.1) is 16.9 Å². The zero-order chi connectivity index (χ0) is 14.0. The maximum Gasteiger partial charge on any atom is 0.250 e. The molecule has 5 heteroatoms. The molecule has 0 aliphatic rings. The molecule has 0 unspecified atom stereocenters. The molecule has 0 radical (unpaired) electrons. The summed E-state index contributed by atoms with van der Waals surface area (Å²) in [5.74, 6) is -0.535. The van der Waals surface area contributed by atoms with Gasteiger partial charge in [-0.1, -0.05) is 28.1 Å². The van der Waals surface area contributed by atoms with E-state index in [1.54, 1.807) is 12.1 Å². The van der Waals surface area contributed by atoms with Crippen molar-refractivity contribution in [1.29, 1.82) is 0 Å². The predicted molar refractivity (Wildman–Crippen MR) is 81.5 cm³/mol. The fourth-order valence-corrected chi connectivity index (χ4v) is 2.12. The van der Waals surface area contributed by atoms with E-state index in [0.29, 0.717) is 16.9 Å². The highest BCUT2D eigenvalue weighted by Crippen LogP contribution is 2.29. The maximum atomic E-state index is 11.3. The Morgan fingerprint density at radius 1 is 1.21 bits per heavy atom. The van der Waals surface area contributed by atoms with E-state index in [1.165, 1.54) is 0 Å². The Morgan fingerprint density at radius 3 is 2.63 bits per heavy atom. The molecule has 1 amide bonds. The lowest BCUT2D eigenvalue weighted by molar-refractivity contribution is 0.100. The molecule has 0 spiro atoms. The Balaban J connectivity index is 2.41. The van der Waals surface area contributed by atoms with E-state index in [2.05, 4.69) is 21.2 Å². The summed E-state index contributed by atoms with van der Waals surface area (Å²) in [6.45, 7) is 1.99. The minimum absolute atomic E-state index is 0.317. The van der Waals surface area contributed by atoms with Gasteiger partial charge in [0.2, 0.25) is 0 Å². The zero-order valence-corrected chi connectivity index (χ0v) is 12.0. The van der Waals surface area contributed by atoms with Gasteiger partial charge in [0, 0.05) is 10.2 Å². The van der Waals surface area contributed by atoms with Gasteiger partial charge in [-0.05, 0) is 36.8 Å². The molecule has 2 rings (SSSR count). The van der Waals surface area contributed by atoms with Crippen LogP contribution in [0, 0.1) is 6.92 Å². The average Bonchev–Trinajstić information content (AvgIpc) is 2.36. The standard InChI is InChI=1S/C14H14BrN3O/c1-8-5-6-9(15)7-12(8)18-11-4-2-3-10(13(11)16)14(17)19/h2-7,18H,16H2,1H3,(H2,17,19). The summed E-state index contributed by atoms with van der Waals surface area (Å²) in [7, 11) is 0. The molecule has 0 bridgehead atoms. The molecule has 4 nitrogen and oxygen atoms in total. The number of anilines is 3. The molecule has 0 saturated heterocycles. The van der Waals surface area contributed by atoms with Crippen LogP contribution in [0.5, 0.6) is 0 Å². The van der Waals surface area contributed by atoms with Gasteiger partial charge in [-0.25, -0.2) is 0 Å². The second-order valence-electron chi connectivity index (χ2n) is 4.22. The number of nitrogen functional groups attached to an aromatic ring is 1. The first kappa shape index (κ1) is 13.4. The lowest BCUT2D eigenvalue weighted by Gasteiger charge is -2.13. The number of amides is 1. The quantitative estimate of drug-likeness (QED) is 0.760. The van der Waals surface area contributed by atoms with Crippen LogP contribution < -0.4 is 16.8 Å². The molecule has 0 aliphatic carbocycles. The Kier molecular flexibility index (Phi) is 3.76. The van der Waals surface area contributed by atoms with Gasteiger partial charge in [-0.15, -0.1) is 0 Å². The number of nitrogens with one attached hydrogen (secondary N) is 1. The number of rotatable bonds is 3. The van der Waals surface area contributed by atoms with Gasteiger partial charge in [0.1, 0.15) is 0 Å². The Bertz CT molecular complexity index is 641. The number of nitrogens with two attached hydrogens (primary N) is 2. The van der Waals surface area contributed by atoms with E-state index in [-0.39, 0.29) is 0 Å². The molecule has 98 valence electrons. The van der Waals surface area contributed by atoms with Crippen molar-refractivity contribution in [1.82, 2.24) is 0 Å². The smallest absolute Gasteiger partial charge is 0.250 e. The van der Waals surface area contributed by atoms with Crippen LogP contribution in [0.4, 0.5) is 17.1 Å². The highest BCUT2D eigenvalue weighted by molar-refractivity contribution is 9.10. The van der Waals surface area contributed by atoms with Gasteiger partial charge in [0.25, 0.3) is 5.91 Å². The van der Waals surface area contributed by atoms with E-state index in [9.17, 15) is 4.79 Å². The summed E-state index contributed by atoms with van der Waals surface area (Å²) in [6, 6.07) is 11.1. The van der Waals surface area contributed by atoms with Crippen molar-refractivity contribution in [3.05, 3.63) is 52.0 Å². The third kappa shape index (κ3) is 2.88. The minimum Gasteiger partial charge on any atom is -0.396 e. The molecule has 2 aromatic rings. The lowest BCUT2D eigenvalue weighted by atomic mass is 10.1. The topological polar surface area (TPSA) is 81.1 Å². The number of halogens is 1. The third-order valence-corrected chi connectivity index (χ3v) is 3.33. The third-order valence-electron chi connectivity index (χ3n) is 2.84. The first-order valence-corrected chi connectivity index (χ1v) is 6.50. The van der Waals surface area contributed by atoms with Gasteiger partial charge in [0.15, 0.2) is 0 Å². The number of carbonyl (C=O) groups excluding carboxylic acids is 1. The Hall–Kier alpha value is -2.01. The second-order valence-corrected chi connectivity index (χ2v) is 5.13.